The van der Waals surface area contributed by atoms with Gasteiger partial charge < -0.3 is 4.90 Å². The van der Waals surface area contributed by atoms with Crippen molar-refractivity contribution in [1.29, 1.82) is 0 Å². The molecule has 210 valence electrons. The molecule has 0 aromatic heterocycles. The Bertz CT molecular complexity index is 2540. The smallest absolute Gasteiger partial charge is 0.0540 e. The molecule has 0 bridgehead atoms. The average Bonchev–Trinajstić information content (AvgIpc) is 3.12. The highest BCUT2D eigenvalue weighted by Crippen LogP contribution is 2.43. The van der Waals surface area contributed by atoms with E-state index in [1.54, 1.807) is 0 Å². The molecule has 1 nitrogen and oxygen atoms in total. The third kappa shape index (κ3) is 4.24. The normalized spacial score (nSPS) is 11.6. The van der Waals surface area contributed by atoms with Crippen molar-refractivity contribution in [3.05, 3.63) is 176 Å². The lowest BCUT2D eigenvalue weighted by atomic mass is 9.97. The van der Waals surface area contributed by atoms with E-state index in [1.807, 2.05) is 0 Å². The van der Waals surface area contributed by atoms with Gasteiger partial charge in [0.2, 0.25) is 0 Å². The van der Waals surface area contributed by atoms with Gasteiger partial charge in [0.1, 0.15) is 0 Å². The van der Waals surface area contributed by atoms with Crippen molar-refractivity contribution >= 4 is 70.9 Å². The minimum Gasteiger partial charge on any atom is -0.310 e. The lowest BCUT2D eigenvalue weighted by molar-refractivity contribution is 1.30. The van der Waals surface area contributed by atoms with Crippen molar-refractivity contribution in [2.45, 2.75) is 0 Å². The van der Waals surface area contributed by atoms with Gasteiger partial charge >= 0.3 is 0 Å². The highest BCUT2D eigenvalue weighted by atomic mass is 15.1. The van der Waals surface area contributed by atoms with Crippen LogP contribution in [0.2, 0.25) is 0 Å². The van der Waals surface area contributed by atoms with Gasteiger partial charge in [0.05, 0.1) is 5.69 Å². The van der Waals surface area contributed by atoms with E-state index in [9.17, 15) is 0 Å². The van der Waals surface area contributed by atoms with E-state index in [1.165, 1.54) is 65.0 Å². The lowest BCUT2D eigenvalue weighted by Gasteiger charge is -2.28. The monoisotopic (exact) mass is 571 g/mol. The molecular formula is C44H29N. The van der Waals surface area contributed by atoms with E-state index < -0.39 is 0 Å². The topological polar surface area (TPSA) is 3.24 Å². The van der Waals surface area contributed by atoms with Crippen LogP contribution in [0.25, 0.3) is 65.0 Å². The summed E-state index contributed by atoms with van der Waals surface area (Å²) in [6, 6.07) is 64.1. The Labute approximate surface area is 262 Å². The number of hydrogen-bond acceptors (Lipinski definition) is 1. The Morgan fingerprint density at radius 2 is 0.800 bits per heavy atom. The summed E-state index contributed by atoms with van der Waals surface area (Å²) in [5, 5.41) is 12.6. The first-order valence-corrected chi connectivity index (χ1v) is 15.5. The summed E-state index contributed by atoms with van der Waals surface area (Å²) in [7, 11) is 0. The molecule has 0 atom stereocenters. The zero-order chi connectivity index (χ0) is 29.7. The van der Waals surface area contributed by atoms with Crippen molar-refractivity contribution in [3.8, 4) is 11.1 Å². The van der Waals surface area contributed by atoms with Gasteiger partial charge in [0.25, 0.3) is 0 Å². The van der Waals surface area contributed by atoms with Crippen LogP contribution in [-0.4, -0.2) is 0 Å². The number of benzene rings is 9. The molecular weight excluding hydrogens is 542 g/mol. The number of hydrogen-bond donors (Lipinski definition) is 0. The van der Waals surface area contributed by atoms with Crippen molar-refractivity contribution in [2.24, 2.45) is 0 Å². The van der Waals surface area contributed by atoms with Crippen LogP contribution in [0.3, 0.4) is 0 Å². The number of fused-ring (bicyclic) bond motifs is 7. The van der Waals surface area contributed by atoms with Crippen LogP contribution in [0.4, 0.5) is 17.1 Å². The molecule has 0 N–H and O–H groups in total. The molecule has 9 aromatic carbocycles. The van der Waals surface area contributed by atoms with E-state index in [-0.39, 0.29) is 0 Å². The summed E-state index contributed by atoms with van der Waals surface area (Å²) in [6.07, 6.45) is 0. The van der Waals surface area contributed by atoms with Crippen LogP contribution in [0.5, 0.6) is 0 Å². The minimum absolute atomic E-state index is 1.12. The largest absolute Gasteiger partial charge is 0.310 e. The number of nitrogens with zero attached hydrogens (tertiary/aromatic N) is 1. The SMILES string of the molecule is c1ccc2c(-c3ccc(N(c4ccc5ccc6ccccc6c5c4)c4cccc5c4ccc4ccccc45)cc3)cccc2c1. The molecule has 0 heterocycles. The predicted octanol–water partition coefficient (Wildman–Crippen LogP) is 12.6. The molecule has 0 fully saturated rings. The molecule has 9 aromatic rings. The van der Waals surface area contributed by atoms with Gasteiger partial charge in [-0.1, -0.05) is 146 Å². The zero-order valence-corrected chi connectivity index (χ0v) is 24.7. The van der Waals surface area contributed by atoms with Gasteiger partial charge in [-0.05, 0) is 89.9 Å². The van der Waals surface area contributed by atoms with Gasteiger partial charge in [0, 0.05) is 16.8 Å². The highest BCUT2D eigenvalue weighted by Gasteiger charge is 2.17. The molecule has 9 rings (SSSR count). The fourth-order valence-electron chi connectivity index (χ4n) is 7.04. The minimum atomic E-state index is 1.12. The van der Waals surface area contributed by atoms with Crippen LogP contribution in [0.1, 0.15) is 0 Å². The van der Waals surface area contributed by atoms with E-state index in [2.05, 4.69) is 181 Å². The van der Waals surface area contributed by atoms with E-state index in [0.717, 1.165) is 17.1 Å². The highest BCUT2D eigenvalue weighted by molar-refractivity contribution is 6.14. The Morgan fingerprint density at radius 3 is 1.56 bits per heavy atom. The van der Waals surface area contributed by atoms with Gasteiger partial charge in [-0.25, -0.2) is 0 Å². The molecule has 0 saturated carbocycles. The van der Waals surface area contributed by atoms with Crippen molar-refractivity contribution in [1.82, 2.24) is 0 Å². The van der Waals surface area contributed by atoms with Crippen molar-refractivity contribution in [3.63, 3.8) is 0 Å². The summed E-state index contributed by atoms with van der Waals surface area (Å²) < 4.78 is 0. The Hall–Kier alpha value is -5.92. The quantitative estimate of drug-likeness (QED) is 0.190. The van der Waals surface area contributed by atoms with Gasteiger partial charge in [0.15, 0.2) is 0 Å². The maximum Gasteiger partial charge on any atom is 0.0540 e. The average molecular weight is 572 g/mol. The van der Waals surface area contributed by atoms with Crippen LogP contribution in [0, 0.1) is 0 Å². The first-order chi connectivity index (χ1) is 22.3. The van der Waals surface area contributed by atoms with Crippen molar-refractivity contribution in [2.75, 3.05) is 4.90 Å². The van der Waals surface area contributed by atoms with Crippen LogP contribution >= 0.6 is 0 Å². The molecule has 0 spiro atoms. The zero-order valence-electron chi connectivity index (χ0n) is 24.7. The van der Waals surface area contributed by atoms with E-state index in [0.29, 0.717) is 0 Å². The summed E-state index contributed by atoms with van der Waals surface area (Å²) in [4.78, 5) is 2.42. The third-order valence-electron chi connectivity index (χ3n) is 9.22. The summed E-state index contributed by atoms with van der Waals surface area (Å²) >= 11 is 0. The van der Waals surface area contributed by atoms with Gasteiger partial charge in [-0.2, -0.15) is 0 Å². The molecule has 0 unspecified atom stereocenters. The van der Waals surface area contributed by atoms with Crippen LogP contribution in [-0.2, 0) is 0 Å². The second kappa shape index (κ2) is 10.4. The summed E-state index contributed by atoms with van der Waals surface area (Å²) in [5.41, 5.74) is 5.89. The Kier molecular flexibility index (Phi) is 5.89. The van der Waals surface area contributed by atoms with Crippen molar-refractivity contribution < 1.29 is 0 Å². The summed E-state index contributed by atoms with van der Waals surface area (Å²) in [5.74, 6) is 0. The predicted molar refractivity (Wildman–Crippen MR) is 194 cm³/mol. The molecule has 0 saturated heterocycles. The second-order valence-corrected chi connectivity index (χ2v) is 11.8. The van der Waals surface area contributed by atoms with Crippen LogP contribution in [0.15, 0.2) is 176 Å². The maximum absolute atomic E-state index is 2.42. The first-order valence-electron chi connectivity index (χ1n) is 15.5. The molecule has 0 amide bonds. The first kappa shape index (κ1) is 25.6. The number of anilines is 3. The third-order valence-corrected chi connectivity index (χ3v) is 9.22. The Balaban J connectivity index is 1.27. The van der Waals surface area contributed by atoms with E-state index >= 15 is 0 Å². The van der Waals surface area contributed by atoms with E-state index in [4.69, 9.17) is 0 Å². The molecule has 0 radical (unpaired) electrons. The Morgan fingerprint density at radius 1 is 0.289 bits per heavy atom. The molecule has 0 aliphatic rings. The maximum atomic E-state index is 2.42. The lowest BCUT2D eigenvalue weighted by Crippen LogP contribution is -2.10. The fraction of sp³-hybridized carbons (Fsp3) is 0. The van der Waals surface area contributed by atoms with Gasteiger partial charge in [-0.15, -0.1) is 0 Å². The van der Waals surface area contributed by atoms with Gasteiger partial charge in [-0.3, -0.25) is 0 Å². The number of rotatable bonds is 4. The fourth-order valence-corrected chi connectivity index (χ4v) is 7.04. The molecule has 0 aliphatic heterocycles. The molecule has 45 heavy (non-hydrogen) atoms. The standard InChI is InChI=1S/C44H29N/c1-4-13-37-30(9-1)12-7-16-38(37)33-21-25-35(26-22-33)45(36-27-23-34-20-19-31-10-3-6-15-40(31)43(34)29-36)44-18-8-17-41-39-14-5-2-11-32(39)24-28-42(41)44/h1-29H. The van der Waals surface area contributed by atoms with Crippen LogP contribution < -0.4 is 4.90 Å². The molecule has 0 aliphatic carbocycles. The second-order valence-electron chi connectivity index (χ2n) is 11.8. The molecule has 1 heteroatoms. The summed E-state index contributed by atoms with van der Waals surface area (Å²) in [6.45, 7) is 0.